The molecule has 1 aliphatic heterocycles. The quantitative estimate of drug-likeness (QED) is 0.750. The molecule has 0 amide bonds. The van der Waals surface area contributed by atoms with Crippen molar-refractivity contribution in [1.82, 2.24) is 24.6 Å². The van der Waals surface area contributed by atoms with Crippen LogP contribution < -0.4 is 0 Å². The molecule has 132 valence electrons. The van der Waals surface area contributed by atoms with Crippen molar-refractivity contribution in [2.45, 2.75) is 45.8 Å². The summed E-state index contributed by atoms with van der Waals surface area (Å²) < 4.78 is 1.83. The van der Waals surface area contributed by atoms with Gasteiger partial charge < -0.3 is 10.1 Å². The number of para-hydroxylation sites is 1. The third-order valence-electron chi connectivity index (χ3n) is 5.16. The average molecular weight is 339 g/mol. The number of nitrogens with zero attached hydrogens (tertiary/aromatic N) is 4. The minimum Gasteiger partial charge on any atom is -0.394 e. The van der Waals surface area contributed by atoms with Crippen LogP contribution in [0.2, 0.25) is 0 Å². The van der Waals surface area contributed by atoms with Crippen LogP contribution in [0.1, 0.15) is 41.5 Å². The van der Waals surface area contributed by atoms with Gasteiger partial charge in [0.2, 0.25) is 0 Å². The van der Waals surface area contributed by atoms with Crippen molar-refractivity contribution < 1.29 is 5.11 Å². The number of fused-ring (bicyclic) bond motifs is 1. The highest BCUT2D eigenvalue weighted by Gasteiger charge is 2.29. The van der Waals surface area contributed by atoms with Crippen LogP contribution in [0.15, 0.2) is 24.4 Å². The summed E-state index contributed by atoms with van der Waals surface area (Å²) in [5.74, 6) is 1.07. The Hall–Kier alpha value is -2.18. The molecular formula is C19H25N5O. The largest absolute Gasteiger partial charge is 0.394 e. The van der Waals surface area contributed by atoms with Gasteiger partial charge >= 0.3 is 0 Å². The molecule has 2 aromatic heterocycles. The van der Waals surface area contributed by atoms with E-state index in [0.29, 0.717) is 12.6 Å². The molecular weight excluding hydrogens is 314 g/mol. The fourth-order valence-electron chi connectivity index (χ4n) is 3.83. The number of hydrogen-bond donors (Lipinski definition) is 2. The molecule has 3 heterocycles. The minimum atomic E-state index is 0.116. The van der Waals surface area contributed by atoms with Crippen molar-refractivity contribution in [2.75, 3.05) is 13.2 Å². The van der Waals surface area contributed by atoms with Crippen molar-refractivity contribution in [3.8, 4) is 0 Å². The maximum absolute atomic E-state index is 9.10. The van der Waals surface area contributed by atoms with Crippen molar-refractivity contribution >= 4 is 11.0 Å². The fraction of sp³-hybridized carbons (Fsp3) is 0.474. The number of nitrogens with one attached hydrogen (secondary N) is 1. The first-order valence-corrected chi connectivity index (χ1v) is 8.99. The first-order valence-electron chi connectivity index (χ1n) is 8.99. The summed E-state index contributed by atoms with van der Waals surface area (Å²) in [4.78, 5) is 10.9. The molecule has 1 aromatic carbocycles. The second-order valence-electron chi connectivity index (χ2n) is 6.95. The van der Waals surface area contributed by atoms with Gasteiger partial charge in [0.1, 0.15) is 5.82 Å². The van der Waals surface area contributed by atoms with Crippen LogP contribution in [0, 0.1) is 13.8 Å². The van der Waals surface area contributed by atoms with Crippen molar-refractivity contribution in [3.63, 3.8) is 0 Å². The molecule has 4 rings (SSSR count). The number of aryl methyl sites for hydroxylation is 2. The molecule has 0 bridgehead atoms. The molecule has 0 spiro atoms. The highest BCUT2D eigenvalue weighted by molar-refractivity contribution is 5.78. The number of H-pyrrole nitrogens is 1. The number of hydrogen-bond acceptors (Lipinski definition) is 4. The van der Waals surface area contributed by atoms with Crippen LogP contribution in [-0.2, 0) is 13.1 Å². The Kier molecular flexibility index (Phi) is 4.31. The number of rotatable bonds is 5. The maximum Gasteiger partial charge on any atom is 0.124 e. The van der Waals surface area contributed by atoms with Gasteiger partial charge in [-0.1, -0.05) is 12.1 Å². The lowest BCUT2D eigenvalue weighted by molar-refractivity contribution is 0.240. The van der Waals surface area contributed by atoms with Crippen LogP contribution in [0.3, 0.4) is 0 Å². The van der Waals surface area contributed by atoms with Crippen LogP contribution in [-0.4, -0.2) is 42.9 Å². The maximum atomic E-state index is 9.10. The molecule has 3 aromatic rings. The Morgan fingerprint density at radius 2 is 2.20 bits per heavy atom. The molecule has 0 unspecified atom stereocenters. The summed E-state index contributed by atoms with van der Waals surface area (Å²) in [5, 5.41) is 13.6. The van der Waals surface area contributed by atoms with E-state index >= 15 is 0 Å². The number of imidazole rings is 1. The van der Waals surface area contributed by atoms with Gasteiger partial charge in [-0.05, 0) is 44.9 Å². The van der Waals surface area contributed by atoms with E-state index in [9.17, 15) is 0 Å². The Labute approximate surface area is 147 Å². The van der Waals surface area contributed by atoms with E-state index in [1.165, 1.54) is 17.5 Å². The molecule has 6 heteroatoms. The monoisotopic (exact) mass is 339 g/mol. The van der Waals surface area contributed by atoms with Gasteiger partial charge in [0, 0.05) is 18.3 Å². The second-order valence-corrected chi connectivity index (χ2v) is 6.95. The number of likely N-dealkylation sites (tertiary alicyclic amines) is 1. The molecule has 1 saturated heterocycles. The lowest BCUT2D eigenvalue weighted by Crippen LogP contribution is -2.23. The molecule has 1 aliphatic rings. The number of aromatic amines is 1. The first kappa shape index (κ1) is 16.3. The van der Waals surface area contributed by atoms with E-state index < -0.39 is 0 Å². The SMILES string of the molecule is Cc1nn(CCO)cc1CN1CCC[C@@H]1c1nc2c(C)cccc2[nH]1. The smallest absolute Gasteiger partial charge is 0.124 e. The summed E-state index contributed by atoms with van der Waals surface area (Å²) in [5.41, 5.74) is 5.68. The fourth-order valence-corrected chi connectivity index (χ4v) is 3.83. The summed E-state index contributed by atoms with van der Waals surface area (Å²) >= 11 is 0. The highest BCUT2D eigenvalue weighted by atomic mass is 16.3. The predicted molar refractivity (Wildman–Crippen MR) is 97.3 cm³/mol. The predicted octanol–water partition coefficient (Wildman–Crippen LogP) is 2.71. The van der Waals surface area contributed by atoms with Gasteiger partial charge in [-0.25, -0.2) is 4.98 Å². The number of aliphatic hydroxyl groups excluding tert-OH is 1. The Balaban J connectivity index is 1.58. The molecule has 25 heavy (non-hydrogen) atoms. The molecule has 6 nitrogen and oxygen atoms in total. The zero-order valence-electron chi connectivity index (χ0n) is 14.9. The van der Waals surface area contributed by atoms with Crippen LogP contribution in [0.25, 0.3) is 11.0 Å². The van der Waals surface area contributed by atoms with Gasteiger partial charge in [0.15, 0.2) is 0 Å². The van der Waals surface area contributed by atoms with Crippen molar-refractivity contribution in [3.05, 3.63) is 47.0 Å². The second kappa shape index (κ2) is 6.61. The van der Waals surface area contributed by atoms with Gasteiger partial charge in [-0.3, -0.25) is 9.58 Å². The van der Waals surface area contributed by atoms with Crippen LogP contribution in [0.4, 0.5) is 0 Å². The van der Waals surface area contributed by atoms with E-state index in [2.05, 4.69) is 46.3 Å². The van der Waals surface area contributed by atoms with E-state index in [1.807, 2.05) is 11.6 Å². The zero-order valence-corrected chi connectivity index (χ0v) is 14.9. The van der Waals surface area contributed by atoms with Gasteiger partial charge in [0.25, 0.3) is 0 Å². The third kappa shape index (κ3) is 3.07. The molecule has 2 N–H and O–H groups in total. The van der Waals surface area contributed by atoms with Crippen LogP contribution in [0.5, 0.6) is 0 Å². The Morgan fingerprint density at radius 1 is 1.32 bits per heavy atom. The van der Waals surface area contributed by atoms with Crippen molar-refractivity contribution in [1.29, 1.82) is 0 Å². The van der Waals surface area contributed by atoms with Gasteiger partial charge in [-0.15, -0.1) is 0 Å². The lowest BCUT2D eigenvalue weighted by atomic mass is 10.2. The van der Waals surface area contributed by atoms with Crippen LogP contribution >= 0.6 is 0 Å². The minimum absolute atomic E-state index is 0.116. The summed E-state index contributed by atoms with van der Waals surface area (Å²) in [6, 6.07) is 6.61. The van der Waals surface area contributed by atoms with E-state index in [4.69, 9.17) is 10.1 Å². The molecule has 0 radical (unpaired) electrons. The Bertz CT molecular complexity index is 881. The first-order chi connectivity index (χ1) is 12.2. The highest BCUT2D eigenvalue weighted by Crippen LogP contribution is 2.33. The third-order valence-corrected chi connectivity index (χ3v) is 5.16. The number of benzene rings is 1. The lowest BCUT2D eigenvalue weighted by Gasteiger charge is -2.22. The number of aromatic nitrogens is 4. The normalized spacial score (nSPS) is 18.4. The number of aliphatic hydroxyl groups is 1. The summed E-state index contributed by atoms with van der Waals surface area (Å²) in [7, 11) is 0. The summed E-state index contributed by atoms with van der Waals surface area (Å²) in [6.45, 7) is 6.76. The van der Waals surface area contributed by atoms with E-state index in [1.54, 1.807) is 0 Å². The van der Waals surface area contributed by atoms with E-state index in [0.717, 1.165) is 42.1 Å². The molecule has 1 atom stereocenters. The molecule has 0 saturated carbocycles. The molecule has 1 fully saturated rings. The van der Waals surface area contributed by atoms with Gasteiger partial charge in [0.05, 0.1) is 35.9 Å². The standard InChI is InChI=1S/C19H25N5O/c1-13-5-3-6-16-18(13)21-19(20-16)17-7-4-8-23(17)11-15-12-24(9-10-25)22-14(15)2/h3,5-6,12,17,25H,4,7-11H2,1-2H3,(H,20,21)/t17-/m1/s1. The Morgan fingerprint density at radius 3 is 3.00 bits per heavy atom. The molecule has 0 aliphatic carbocycles. The summed E-state index contributed by atoms with van der Waals surface area (Å²) in [6.07, 6.45) is 4.37. The van der Waals surface area contributed by atoms with Crippen molar-refractivity contribution in [2.24, 2.45) is 0 Å². The van der Waals surface area contributed by atoms with Gasteiger partial charge in [-0.2, -0.15) is 5.10 Å². The zero-order chi connectivity index (χ0) is 17.4. The topological polar surface area (TPSA) is 70.0 Å². The van der Waals surface area contributed by atoms with E-state index in [-0.39, 0.29) is 6.61 Å². The average Bonchev–Trinajstić information content (AvgIpc) is 3.28.